The van der Waals surface area contributed by atoms with E-state index < -0.39 is 0 Å². The molecule has 1 unspecified atom stereocenters. The highest BCUT2D eigenvalue weighted by Crippen LogP contribution is 2.25. The Bertz CT molecular complexity index is 494. The van der Waals surface area contributed by atoms with Gasteiger partial charge in [-0.15, -0.1) is 11.3 Å². The molecule has 2 N–H and O–H groups in total. The van der Waals surface area contributed by atoms with Gasteiger partial charge in [-0.3, -0.25) is 0 Å². The van der Waals surface area contributed by atoms with Gasteiger partial charge in [0.25, 0.3) is 0 Å². The summed E-state index contributed by atoms with van der Waals surface area (Å²) in [5.41, 5.74) is 7.84. The minimum atomic E-state index is 0.152. The topological polar surface area (TPSA) is 48.1 Å². The van der Waals surface area contributed by atoms with Crippen LogP contribution in [-0.2, 0) is 6.42 Å². The van der Waals surface area contributed by atoms with Crippen molar-refractivity contribution in [3.8, 4) is 17.0 Å². The van der Waals surface area contributed by atoms with Crippen molar-refractivity contribution in [1.29, 1.82) is 0 Å². The molecule has 0 bridgehead atoms. The fraction of sp³-hybridized carbons (Fsp3) is 0.308. The molecule has 0 spiro atoms. The van der Waals surface area contributed by atoms with Gasteiger partial charge in [-0.25, -0.2) is 4.98 Å². The van der Waals surface area contributed by atoms with Crippen molar-refractivity contribution in [3.05, 3.63) is 34.7 Å². The van der Waals surface area contributed by atoms with Gasteiger partial charge >= 0.3 is 0 Å². The molecule has 1 aromatic heterocycles. The second kappa shape index (κ2) is 5.29. The van der Waals surface area contributed by atoms with E-state index in [4.69, 9.17) is 10.5 Å². The maximum absolute atomic E-state index is 5.76. The zero-order valence-electron chi connectivity index (χ0n) is 10.0. The monoisotopic (exact) mass is 248 g/mol. The van der Waals surface area contributed by atoms with Crippen LogP contribution >= 0.6 is 11.3 Å². The van der Waals surface area contributed by atoms with E-state index in [1.165, 1.54) is 0 Å². The van der Waals surface area contributed by atoms with Gasteiger partial charge in [0, 0.05) is 23.4 Å². The molecule has 0 aliphatic carbocycles. The summed E-state index contributed by atoms with van der Waals surface area (Å²) in [4.78, 5) is 4.58. The smallest absolute Gasteiger partial charge is 0.119 e. The number of nitrogens with zero attached hydrogens (tertiary/aromatic N) is 1. The fourth-order valence-electron chi connectivity index (χ4n) is 1.60. The Labute approximate surface area is 105 Å². The minimum Gasteiger partial charge on any atom is -0.497 e. The number of nitrogens with two attached hydrogens (primary N) is 1. The second-order valence-corrected chi connectivity index (χ2v) is 4.98. The van der Waals surface area contributed by atoms with Crippen LogP contribution in [0.5, 0.6) is 5.75 Å². The van der Waals surface area contributed by atoms with Crippen LogP contribution in [0.2, 0.25) is 0 Å². The first-order chi connectivity index (χ1) is 8.19. The molecular weight excluding hydrogens is 232 g/mol. The van der Waals surface area contributed by atoms with Crippen molar-refractivity contribution in [3.63, 3.8) is 0 Å². The Balaban J connectivity index is 2.24. The van der Waals surface area contributed by atoms with Gasteiger partial charge < -0.3 is 10.5 Å². The van der Waals surface area contributed by atoms with Crippen molar-refractivity contribution >= 4 is 11.3 Å². The number of thiazole rings is 1. The average molecular weight is 248 g/mol. The molecule has 0 amide bonds. The van der Waals surface area contributed by atoms with E-state index in [0.717, 1.165) is 28.4 Å². The summed E-state index contributed by atoms with van der Waals surface area (Å²) < 4.78 is 5.20. The quantitative estimate of drug-likeness (QED) is 0.905. The van der Waals surface area contributed by atoms with Crippen LogP contribution in [-0.4, -0.2) is 18.1 Å². The number of aromatic nitrogens is 1. The molecule has 0 aliphatic rings. The van der Waals surface area contributed by atoms with Crippen molar-refractivity contribution in [2.45, 2.75) is 19.4 Å². The van der Waals surface area contributed by atoms with Crippen LogP contribution in [0.25, 0.3) is 11.3 Å². The van der Waals surface area contributed by atoms with Crippen molar-refractivity contribution in [2.75, 3.05) is 7.11 Å². The second-order valence-electron chi connectivity index (χ2n) is 4.04. The first-order valence-electron chi connectivity index (χ1n) is 5.53. The minimum absolute atomic E-state index is 0.152. The lowest BCUT2D eigenvalue weighted by atomic mass is 10.1. The van der Waals surface area contributed by atoms with Crippen molar-refractivity contribution in [1.82, 2.24) is 4.98 Å². The van der Waals surface area contributed by atoms with E-state index in [1.54, 1.807) is 18.4 Å². The molecule has 1 aromatic carbocycles. The molecule has 0 saturated carbocycles. The molecule has 1 heterocycles. The van der Waals surface area contributed by atoms with E-state index >= 15 is 0 Å². The molecule has 4 heteroatoms. The highest BCUT2D eigenvalue weighted by Gasteiger charge is 2.07. The summed E-state index contributed by atoms with van der Waals surface area (Å²) in [6.07, 6.45) is 0.828. The lowest BCUT2D eigenvalue weighted by molar-refractivity contribution is 0.415. The van der Waals surface area contributed by atoms with Gasteiger partial charge in [0.05, 0.1) is 17.8 Å². The van der Waals surface area contributed by atoms with Crippen LogP contribution < -0.4 is 10.5 Å². The first-order valence-corrected chi connectivity index (χ1v) is 6.41. The van der Waals surface area contributed by atoms with Crippen LogP contribution in [0, 0.1) is 0 Å². The van der Waals surface area contributed by atoms with Crippen LogP contribution in [0.15, 0.2) is 29.6 Å². The number of ether oxygens (including phenoxy) is 1. The van der Waals surface area contributed by atoms with E-state index in [-0.39, 0.29) is 6.04 Å². The molecule has 3 nitrogen and oxygen atoms in total. The molecule has 0 saturated heterocycles. The number of hydrogen-bond acceptors (Lipinski definition) is 4. The molecule has 1 atom stereocenters. The maximum atomic E-state index is 5.76. The lowest BCUT2D eigenvalue weighted by Crippen LogP contribution is -2.17. The summed E-state index contributed by atoms with van der Waals surface area (Å²) >= 11 is 1.65. The third-order valence-electron chi connectivity index (χ3n) is 2.41. The third-order valence-corrected chi connectivity index (χ3v) is 3.28. The molecule has 2 aromatic rings. The van der Waals surface area contributed by atoms with Gasteiger partial charge in [-0.2, -0.15) is 0 Å². The Kier molecular flexibility index (Phi) is 3.76. The predicted octanol–water partition coefficient (Wildman–Crippen LogP) is 2.71. The van der Waals surface area contributed by atoms with Crippen LogP contribution in [0.1, 0.15) is 11.9 Å². The van der Waals surface area contributed by atoms with Gasteiger partial charge in [0.1, 0.15) is 5.75 Å². The van der Waals surface area contributed by atoms with Gasteiger partial charge in [-0.05, 0) is 19.1 Å². The Morgan fingerprint density at radius 3 is 3.00 bits per heavy atom. The lowest BCUT2D eigenvalue weighted by Gasteiger charge is -2.02. The largest absolute Gasteiger partial charge is 0.497 e. The van der Waals surface area contributed by atoms with E-state index in [9.17, 15) is 0 Å². The Morgan fingerprint density at radius 2 is 2.29 bits per heavy atom. The molecule has 17 heavy (non-hydrogen) atoms. The number of rotatable bonds is 4. The van der Waals surface area contributed by atoms with Crippen LogP contribution in [0.4, 0.5) is 0 Å². The normalized spacial score (nSPS) is 12.4. The number of benzene rings is 1. The average Bonchev–Trinajstić information content (AvgIpc) is 2.77. The molecule has 2 rings (SSSR count). The summed E-state index contributed by atoms with van der Waals surface area (Å²) in [7, 11) is 1.67. The SMILES string of the molecule is COc1cccc(-c2csc(CC(C)N)n2)c1. The number of methoxy groups -OCH3 is 1. The highest BCUT2D eigenvalue weighted by atomic mass is 32.1. The first kappa shape index (κ1) is 12.1. The van der Waals surface area contributed by atoms with E-state index in [2.05, 4.69) is 10.4 Å². The number of hydrogen-bond donors (Lipinski definition) is 1. The van der Waals surface area contributed by atoms with E-state index in [1.807, 2.05) is 31.2 Å². The Hall–Kier alpha value is -1.39. The highest BCUT2D eigenvalue weighted by molar-refractivity contribution is 7.09. The fourth-order valence-corrected chi connectivity index (χ4v) is 2.54. The molecule has 0 radical (unpaired) electrons. The predicted molar refractivity (Wildman–Crippen MR) is 71.5 cm³/mol. The van der Waals surface area contributed by atoms with E-state index in [0.29, 0.717) is 0 Å². The molecule has 0 fully saturated rings. The van der Waals surface area contributed by atoms with Gasteiger partial charge in [0.15, 0.2) is 0 Å². The maximum Gasteiger partial charge on any atom is 0.119 e. The van der Waals surface area contributed by atoms with Gasteiger partial charge in [0.2, 0.25) is 0 Å². The zero-order valence-corrected chi connectivity index (χ0v) is 10.8. The summed E-state index contributed by atoms with van der Waals surface area (Å²) in [5, 5.41) is 3.14. The van der Waals surface area contributed by atoms with Crippen LogP contribution in [0.3, 0.4) is 0 Å². The summed E-state index contributed by atoms with van der Waals surface area (Å²) in [5.74, 6) is 0.851. The third kappa shape index (κ3) is 3.05. The zero-order chi connectivity index (χ0) is 12.3. The standard InChI is InChI=1S/C13H16N2OS/c1-9(14)6-13-15-12(8-17-13)10-4-3-5-11(7-10)16-2/h3-5,7-9H,6,14H2,1-2H3. The molecule has 0 aliphatic heterocycles. The van der Waals surface area contributed by atoms with Crippen molar-refractivity contribution in [2.24, 2.45) is 5.73 Å². The molecule has 90 valence electrons. The molecular formula is C13H16N2OS. The van der Waals surface area contributed by atoms with Crippen molar-refractivity contribution < 1.29 is 4.74 Å². The summed E-state index contributed by atoms with van der Waals surface area (Å²) in [6, 6.07) is 8.08. The Morgan fingerprint density at radius 1 is 1.47 bits per heavy atom. The summed E-state index contributed by atoms with van der Waals surface area (Å²) in [6.45, 7) is 1.99. The van der Waals surface area contributed by atoms with Gasteiger partial charge in [-0.1, -0.05) is 12.1 Å².